The molecule has 1 atom stereocenters. The topological polar surface area (TPSA) is 111 Å². The zero-order valence-electron chi connectivity index (χ0n) is 16.2. The summed E-state index contributed by atoms with van der Waals surface area (Å²) in [6.45, 7) is 1.62. The summed E-state index contributed by atoms with van der Waals surface area (Å²) in [5.74, 6) is 0.00398. The molecule has 2 aliphatic heterocycles. The first-order chi connectivity index (χ1) is 13.9. The number of nitrogens with one attached hydrogen (secondary N) is 3. The maximum atomic E-state index is 12.5. The molecule has 0 radical (unpaired) electrons. The third-order valence-corrected chi connectivity index (χ3v) is 7.39. The molecule has 1 fully saturated rings. The number of carbonyl (C=O) groups excluding carboxylic acids is 2. The Labute approximate surface area is 169 Å². The number of hydrogen-bond donors (Lipinski definition) is 3. The van der Waals surface area contributed by atoms with Crippen LogP contribution in [0.2, 0.25) is 0 Å². The Hall–Kier alpha value is -2.55. The number of urea groups is 1. The molecular formula is C20H26N4O4S. The van der Waals surface area contributed by atoms with Gasteiger partial charge in [-0.2, -0.15) is 0 Å². The number of carbonyl (C=O) groups is 2. The van der Waals surface area contributed by atoms with Gasteiger partial charge in [-0.3, -0.25) is 4.79 Å². The Balaban J connectivity index is 1.20. The highest BCUT2D eigenvalue weighted by molar-refractivity contribution is 7.91. The van der Waals surface area contributed by atoms with E-state index in [-0.39, 0.29) is 35.9 Å². The van der Waals surface area contributed by atoms with Gasteiger partial charge in [0.15, 0.2) is 9.84 Å². The molecule has 1 aromatic heterocycles. The SMILES string of the molecule is O=C(CCCNC(=O)N1CCc2c([nH]c3ccccc23)C1)NC1CCS(=O)(=O)C1. The van der Waals surface area contributed by atoms with E-state index in [1.165, 1.54) is 10.9 Å². The lowest BCUT2D eigenvalue weighted by atomic mass is 10.0. The summed E-state index contributed by atoms with van der Waals surface area (Å²) in [5, 5.41) is 6.87. The van der Waals surface area contributed by atoms with Crippen molar-refractivity contribution in [2.24, 2.45) is 0 Å². The first-order valence-electron chi connectivity index (χ1n) is 10.0. The van der Waals surface area contributed by atoms with Crippen LogP contribution in [0.5, 0.6) is 0 Å². The Bertz CT molecular complexity index is 1030. The first kappa shape index (κ1) is 19.8. The van der Waals surface area contributed by atoms with Crippen LogP contribution in [0.1, 0.15) is 30.5 Å². The molecule has 3 amide bonds. The van der Waals surface area contributed by atoms with E-state index in [4.69, 9.17) is 0 Å². The fourth-order valence-corrected chi connectivity index (χ4v) is 5.80. The van der Waals surface area contributed by atoms with E-state index in [1.807, 2.05) is 18.2 Å². The monoisotopic (exact) mass is 418 g/mol. The highest BCUT2D eigenvalue weighted by Crippen LogP contribution is 2.27. The van der Waals surface area contributed by atoms with Crippen molar-refractivity contribution in [3.05, 3.63) is 35.5 Å². The number of para-hydroxylation sites is 1. The number of sulfone groups is 1. The molecule has 1 saturated heterocycles. The minimum atomic E-state index is -3.00. The molecule has 8 nitrogen and oxygen atoms in total. The maximum Gasteiger partial charge on any atom is 0.317 e. The van der Waals surface area contributed by atoms with E-state index >= 15 is 0 Å². The highest BCUT2D eigenvalue weighted by Gasteiger charge is 2.28. The number of nitrogens with zero attached hydrogens (tertiary/aromatic N) is 1. The smallest absolute Gasteiger partial charge is 0.317 e. The number of rotatable bonds is 5. The third-order valence-electron chi connectivity index (χ3n) is 5.62. The summed E-state index contributed by atoms with van der Waals surface area (Å²) in [6, 6.07) is 7.77. The van der Waals surface area contributed by atoms with E-state index < -0.39 is 9.84 Å². The molecule has 156 valence electrons. The molecule has 3 N–H and O–H groups in total. The minimum absolute atomic E-state index is 0.0280. The number of H-pyrrole nitrogens is 1. The number of fused-ring (bicyclic) bond motifs is 3. The first-order valence-corrected chi connectivity index (χ1v) is 11.8. The van der Waals surface area contributed by atoms with Crippen LogP contribution in [0.4, 0.5) is 4.79 Å². The van der Waals surface area contributed by atoms with Crippen molar-refractivity contribution >= 4 is 32.7 Å². The molecule has 4 rings (SSSR count). The van der Waals surface area contributed by atoms with Gasteiger partial charge in [0.2, 0.25) is 5.91 Å². The quantitative estimate of drug-likeness (QED) is 0.636. The number of aromatic amines is 1. The highest BCUT2D eigenvalue weighted by atomic mass is 32.2. The largest absolute Gasteiger partial charge is 0.357 e. The molecule has 29 heavy (non-hydrogen) atoms. The zero-order chi connectivity index (χ0) is 20.4. The van der Waals surface area contributed by atoms with Crippen LogP contribution < -0.4 is 10.6 Å². The number of aromatic nitrogens is 1. The van der Waals surface area contributed by atoms with Crippen molar-refractivity contribution in [3.8, 4) is 0 Å². The average molecular weight is 419 g/mol. The second-order valence-corrected chi connectivity index (χ2v) is 10.0. The number of amides is 3. The van der Waals surface area contributed by atoms with Crippen LogP contribution >= 0.6 is 0 Å². The number of benzene rings is 1. The van der Waals surface area contributed by atoms with Crippen LogP contribution in [-0.2, 0) is 27.6 Å². The van der Waals surface area contributed by atoms with Gasteiger partial charge in [-0.25, -0.2) is 13.2 Å². The summed E-state index contributed by atoms with van der Waals surface area (Å²) in [4.78, 5) is 29.6. The normalized spacial score (nSPS) is 20.4. The van der Waals surface area contributed by atoms with Gasteiger partial charge >= 0.3 is 6.03 Å². The van der Waals surface area contributed by atoms with Gasteiger partial charge in [0.25, 0.3) is 0 Å². The van der Waals surface area contributed by atoms with Crippen molar-refractivity contribution < 1.29 is 18.0 Å². The second kappa shape index (κ2) is 8.06. The zero-order valence-corrected chi connectivity index (χ0v) is 17.1. The summed E-state index contributed by atoms with van der Waals surface area (Å²) >= 11 is 0. The van der Waals surface area contributed by atoms with Crippen molar-refractivity contribution in [1.82, 2.24) is 20.5 Å². The summed E-state index contributed by atoms with van der Waals surface area (Å²) in [7, 11) is -3.00. The molecule has 0 spiro atoms. The predicted octanol–water partition coefficient (Wildman–Crippen LogP) is 1.32. The summed E-state index contributed by atoms with van der Waals surface area (Å²) in [6.07, 6.45) is 2.08. The van der Waals surface area contributed by atoms with E-state index in [2.05, 4.69) is 21.7 Å². The average Bonchev–Trinajstić information content (AvgIpc) is 3.23. The van der Waals surface area contributed by atoms with Gasteiger partial charge < -0.3 is 20.5 Å². The predicted molar refractivity (Wildman–Crippen MR) is 110 cm³/mol. The lowest BCUT2D eigenvalue weighted by Crippen LogP contribution is -2.43. The van der Waals surface area contributed by atoms with Gasteiger partial charge in [0.05, 0.1) is 18.1 Å². The number of hydrogen-bond acceptors (Lipinski definition) is 4. The maximum absolute atomic E-state index is 12.5. The summed E-state index contributed by atoms with van der Waals surface area (Å²) in [5.41, 5.74) is 3.47. The van der Waals surface area contributed by atoms with Crippen LogP contribution in [-0.4, -0.2) is 60.9 Å². The standard InChI is InChI=1S/C20H26N4O4S/c25-19(22-14-8-11-29(27,28)13-14)6-3-9-21-20(26)24-10-7-16-15-4-1-2-5-17(15)23-18(16)12-24/h1-2,4-5,14,23H,3,6-13H2,(H,21,26)(H,22,25). The van der Waals surface area contributed by atoms with Crippen LogP contribution in [0.15, 0.2) is 24.3 Å². The molecule has 2 aliphatic rings. The van der Waals surface area contributed by atoms with Gasteiger partial charge in [-0.15, -0.1) is 0 Å². The van der Waals surface area contributed by atoms with Crippen LogP contribution in [0.25, 0.3) is 10.9 Å². The molecule has 0 aliphatic carbocycles. The van der Waals surface area contributed by atoms with Crippen molar-refractivity contribution in [2.75, 3.05) is 24.6 Å². The van der Waals surface area contributed by atoms with Gasteiger partial charge in [-0.1, -0.05) is 18.2 Å². The van der Waals surface area contributed by atoms with E-state index in [1.54, 1.807) is 4.90 Å². The molecule has 2 aromatic rings. The molecule has 9 heteroatoms. The molecule has 0 bridgehead atoms. The Morgan fingerprint density at radius 2 is 2.07 bits per heavy atom. The lowest BCUT2D eigenvalue weighted by molar-refractivity contribution is -0.121. The molecule has 0 saturated carbocycles. The van der Waals surface area contributed by atoms with Crippen LogP contribution in [0, 0.1) is 0 Å². The Kier molecular flexibility index (Phi) is 5.49. The Morgan fingerprint density at radius 1 is 1.24 bits per heavy atom. The lowest BCUT2D eigenvalue weighted by Gasteiger charge is -2.27. The van der Waals surface area contributed by atoms with Crippen molar-refractivity contribution in [2.45, 2.75) is 38.3 Å². The van der Waals surface area contributed by atoms with Gasteiger partial charge in [0.1, 0.15) is 0 Å². The van der Waals surface area contributed by atoms with Crippen LogP contribution in [0.3, 0.4) is 0 Å². The van der Waals surface area contributed by atoms with E-state index in [0.29, 0.717) is 32.5 Å². The fourth-order valence-electron chi connectivity index (χ4n) is 4.13. The van der Waals surface area contributed by atoms with Crippen molar-refractivity contribution in [3.63, 3.8) is 0 Å². The molecular weight excluding hydrogens is 392 g/mol. The van der Waals surface area contributed by atoms with E-state index in [9.17, 15) is 18.0 Å². The second-order valence-electron chi connectivity index (χ2n) is 7.80. The fraction of sp³-hybridized carbons (Fsp3) is 0.500. The van der Waals surface area contributed by atoms with E-state index in [0.717, 1.165) is 17.6 Å². The Morgan fingerprint density at radius 3 is 2.86 bits per heavy atom. The molecule has 1 aromatic carbocycles. The van der Waals surface area contributed by atoms with Crippen molar-refractivity contribution in [1.29, 1.82) is 0 Å². The third kappa shape index (κ3) is 4.55. The minimum Gasteiger partial charge on any atom is -0.357 e. The van der Waals surface area contributed by atoms with Gasteiger partial charge in [-0.05, 0) is 30.9 Å². The van der Waals surface area contributed by atoms with Gasteiger partial charge in [0, 0.05) is 42.1 Å². The molecule has 1 unspecified atom stereocenters. The molecule has 3 heterocycles. The summed E-state index contributed by atoms with van der Waals surface area (Å²) < 4.78 is 22.9.